The molecule has 0 aliphatic carbocycles. The molecule has 0 unspecified atom stereocenters. The molecule has 0 aliphatic heterocycles. The maximum atomic E-state index is 12.1. The number of rotatable bonds is 7. The summed E-state index contributed by atoms with van der Waals surface area (Å²) in [5.41, 5.74) is 5.56. The second-order valence-corrected chi connectivity index (χ2v) is 6.19. The lowest BCUT2D eigenvalue weighted by molar-refractivity contribution is -0.124. The first kappa shape index (κ1) is 18.4. The van der Waals surface area contributed by atoms with Crippen molar-refractivity contribution in [1.29, 1.82) is 0 Å². The fourth-order valence-electron chi connectivity index (χ4n) is 2.83. The second kappa shape index (κ2) is 8.82. The summed E-state index contributed by atoms with van der Waals surface area (Å²) in [6.07, 6.45) is 5.91. The molecule has 1 heterocycles. The summed E-state index contributed by atoms with van der Waals surface area (Å²) >= 11 is 0. The Morgan fingerprint density at radius 2 is 1.85 bits per heavy atom. The van der Waals surface area contributed by atoms with Crippen molar-refractivity contribution < 1.29 is 14.8 Å². The summed E-state index contributed by atoms with van der Waals surface area (Å²) in [6, 6.07) is 15.5. The molecular formula is C21H21N3O3. The molecule has 0 spiro atoms. The molecule has 0 atom stereocenters. The first-order valence-corrected chi connectivity index (χ1v) is 8.68. The van der Waals surface area contributed by atoms with E-state index < -0.39 is 5.91 Å². The van der Waals surface area contributed by atoms with Crippen molar-refractivity contribution in [2.24, 2.45) is 0 Å². The SMILES string of the molecule is O=C(C=Cc1ccc(CNC(=O)CCc2c[nH]c3ccccc23)cc1)NO. The number of hydrogen-bond donors (Lipinski definition) is 4. The van der Waals surface area contributed by atoms with Gasteiger partial charge in [0.2, 0.25) is 5.91 Å². The van der Waals surface area contributed by atoms with Crippen LogP contribution in [0.1, 0.15) is 23.1 Å². The smallest absolute Gasteiger partial charge is 0.267 e. The maximum absolute atomic E-state index is 12.1. The van der Waals surface area contributed by atoms with E-state index >= 15 is 0 Å². The molecule has 0 saturated carbocycles. The van der Waals surface area contributed by atoms with E-state index in [1.807, 2.05) is 48.7 Å². The molecule has 4 N–H and O–H groups in total. The van der Waals surface area contributed by atoms with E-state index in [0.29, 0.717) is 19.4 Å². The number of H-pyrrole nitrogens is 1. The molecule has 2 aromatic carbocycles. The van der Waals surface area contributed by atoms with E-state index in [0.717, 1.165) is 27.6 Å². The molecule has 27 heavy (non-hydrogen) atoms. The lowest BCUT2D eigenvalue weighted by Gasteiger charge is -2.06. The Labute approximate surface area is 156 Å². The van der Waals surface area contributed by atoms with Gasteiger partial charge in [0.05, 0.1) is 0 Å². The zero-order valence-electron chi connectivity index (χ0n) is 14.7. The van der Waals surface area contributed by atoms with Crippen LogP contribution in [0.15, 0.2) is 60.8 Å². The van der Waals surface area contributed by atoms with E-state index in [1.54, 1.807) is 6.08 Å². The zero-order valence-corrected chi connectivity index (χ0v) is 14.7. The van der Waals surface area contributed by atoms with Crippen molar-refractivity contribution in [1.82, 2.24) is 15.8 Å². The summed E-state index contributed by atoms with van der Waals surface area (Å²) in [4.78, 5) is 26.3. The largest absolute Gasteiger partial charge is 0.361 e. The minimum absolute atomic E-state index is 0.00358. The van der Waals surface area contributed by atoms with Crippen LogP contribution >= 0.6 is 0 Å². The third kappa shape index (κ3) is 5.05. The molecule has 0 bridgehead atoms. The van der Waals surface area contributed by atoms with Crippen LogP contribution in [-0.4, -0.2) is 22.0 Å². The lowest BCUT2D eigenvalue weighted by atomic mass is 10.1. The van der Waals surface area contributed by atoms with Crippen LogP contribution in [0.4, 0.5) is 0 Å². The van der Waals surface area contributed by atoms with Crippen LogP contribution in [0.25, 0.3) is 17.0 Å². The number of hydroxylamine groups is 1. The number of aromatic amines is 1. The summed E-state index contributed by atoms with van der Waals surface area (Å²) in [6.45, 7) is 0.452. The fraction of sp³-hybridized carbons (Fsp3) is 0.143. The normalized spacial score (nSPS) is 11.0. The number of aryl methyl sites for hydroxylation is 1. The number of amides is 2. The van der Waals surface area contributed by atoms with Gasteiger partial charge in [-0.3, -0.25) is 14.8 Å². The summed E-state index contributed by atoms with van der Waals surface area (Å²) in [7, 11) is 0. The lowest BCUT2D eigenvalue weighted by Crippen LogP contribution is -2.22. The Bertz CT molecular complexity index is 958. The monoisotopic (exact) mass is 363 g/mol. The number of hydrogen-bond acceptors (Lipinski definition) is 3. The van der Waals surface area contributed by atoms with Gasteiger partial charge in [0.15, 0.2) is 0 Å². The number of para-hydroxylation sites is 1. The van der Waals surface area contributed by atoms with Crippen LogP contribution in [-0.2, 0) is 22.6 Å². The van der Waals surface area contributed by atoms with Gasteiger partial charge in [0.1, 0.15) is 0 Å². The van der Waals surface area contributed by atoms with Crippen LogP contribution in [0.3, 0.4) is 0 Å². The zero-order chi connectivity index (χ0) is 19.1. The van der Waals surface area contributed by atoms with Gasteiger partial charge in [0, 0.05) is 36.1 Å². The predicted molar refractivity (Wildman–Crippen MR) is 104 cm³/mol. The second-order valence-electron chi connectivity index (χ2n) is 6.19. The average molecular weight is 363 g/mol. The number of carbonyl (C=O) groups excluding carboxylic acids is 2. The number of benzene rings is 2. The number of aromatic nitrogens is 1. The van der Waals surface area contributed by atoms with Gasteiger partial charge in [-0.15, -0.1) is 0 Å². The van der Waals surface area contributed by atoms with Crippen molar-refractivity contribution in [3.05, 3.63) is 77.5 Å². The highest BCUT2D eigenvalue weighted by molar-refractivity contribution is 5.90. The van der Waals surface area contributed by atoms with Crippen molar-refractivity contribution in [3.63, 3.8) is 0 Å². The van der Waals surface area contributed by atoms with Crippen LogP contribution < -0.4 is 10.8 Å². The molecule has 1 aromatic heterocycles. The molecule has 0 aliphatic rings. The van der Waals surface area contributed by atoms with Gasteiger partial charge in [-0.25, -0.2) is 5.48 Å². The average Bonchev–Trinajstić information content (AvgIpc) is 3.12. The van der Waals surface area contributed by atoms with Gasteiger partial charge >= 0.3 is 0 Å². The van der Waals surface area contributed by atoms with E-state index in [-0.39, 0.29) is 5.91 Å². The van der Waals surface area contributed by atoms with E-state index in [9.17, 15) is 9.59 Å². The quantitative estimate of drug-likeness (QED) is 0.295. The number of carbonyl (C=O) groups is 2. The van der Waals surface area contributed by atoms with Gasteiger partial charge in [-0.1, -0.05) is 42.5 Å². The highest BCUT2D eigenvalue weighted by Crippen LogP contribution is 2.18. The molecule has 0 saturated heterocycles. The Morgan fingerprint density at radius 1 is 1.07 bits per heavy atom. The van der Waals surface area contributed by atoms with E-state index in [2.05, 4.69) is 16.4 Å². The highest BCUT2D eigenvalue weighted by atomic mass is 16.5. The third-order valence-corrected chi connectivity index (χ3v) is 4.30. The Kier molecular flexibility index (Phi) is 6.02. The first-order valence-electron chi connectivity index (χ1n) is 8.68. The summed E-state index contributed by atoms with van der Waals surface area (Å²) < 4.78 is 0. The van der Waals surface area contributed by atoms with Gasteiger partial charge < -0.3 is 10.3 Å². The van der Waals surface area contributed by atoms with Crippen molar-refractivity contribution in [3.8, 4) is 0 Å². The minimum Gasteiger partial charge on any atom is -0.361 e. The molecule has 3 rings (SSSR count). The molecule has 3 aromatic rings. The maximum Gasteiger partial charge on any atom is 0.267 e. The Balaban J connectivity index is 1.47. The molecule has 2 amide bonds. The standard InChI is InChI=1S/C21H21N3O3/c25-20(12-10-17-14-22-19-4-2-1-3-18(17)19)23-13-16-7-5-15(6-8-16)9-11-21(26)24-27/h1-9,11,14,22,27H,10,12-13H2,(H,23,25)(H,24,26). The van der Waals surface area contributed by atoms with Crippen LogP contribution in [0.5, 0.6) is 0 Å². The molecule has 138 valence electrons. The summed E-state index contributed by atoms with van der Waals surface area (Å²) in [5.74, 6) is -0.578. The van der Waals surface area contributed by atoms with Crippen LogP contribution in [0.2, 0.25) is 0 Å². The molecule has 6 heteroatoms. The van der Waals surface area contributed by atoms with Gasteiger partial charge in [-0.05, 0) is 35.3 Å². The molecular weight excluding hydrogens is 342 g/mol. The van der Waals surface area contributed by atoms with Crippen molar-refractivity contribution in [2.75, 3.05) is 0 Å². The van der Waals surface area contributed by atoms with E-state index in [1.165, 1.54) is 11.6 Å². The summed E-state index contributed by atoms with van der Waals surface area (Å²) in [5, 5.41) is 12.5. The Morgan fingerprint density at radius 3 is 2.63 bits per heavy atom. The number of nitrogens with one attached hydrogen (secondary N) is 3. The third-order valence-electron chi connectivity index (χ3n) is 4.30. The first-order chi connectivity index (χ1) is 13.2. The number of fused-ring (bicyclic) bond motifs is 1. The molecule has 6 nitrogen and oxygen atoms in total. The van der Waals surface area contributed by atoms with Crippen LogP contribution in [0, 0.1) is 0 Å². The molecule has 0 radical (unpaired) electrons. The highest BCUT2D eigenvalue weighted by Gasteiger charge is 2.06. The fourth-order valence-corrected chi connectivity index (χ4v) is 2.83. The Hall–Kier alpha value is -3.38. The topological polar surface area (TPSA) is 94.2 Å². The van der Waals surface area contributed by atoms with Gasteiger partial charge in [-0.2, -0.15) is 0 Å². The minimum atomic E-state index is -0.582. The van der Waals surface area contributed by atoms with Crippen molar-refractivity contribution >= 4 is 28.8 Å². The van der Waals surface area contributed by atoms with Gasteiger partial charge in [0.25, 0.3) is 5.91 Å². The van der Waals surface area contributed by atoms with Crippen molar-refractivity contribution in [2.45, 2.75) is 19.4 Å². The van der Waals surface area contributed by atoms with E-state index in [4.69, 9.17) is 5.21 Å². The predicted octanol–water partition coefficient (Wildman–Crippen LogP) is 2.94. The molecule has 0 fully saturated rings.